The molecule has 0 atom stereocenters. The third kappa shape index (κ3) is 6.82. The molecule has 8 heteroatoms. The Bertz CT molecular complexity index is 1140. The molecule has 0 aliphatic carbocycles. The van der Waals surface area contributed by atoms with Gasteiger partial charge in [-0.15, -0.1) is 0 Å². The molecule has 0 radical (unpaired) electrons. The highest BCUT2D eigenvalue weighted by Gasteiger charge is 2.51. The molecule has 198 valence electrons. The van der Waals surface area contributed by atoms with Crippen LogP contribution >= 0.6 is 0 Å². The van der Waals surface area contributed by atoms with Gasteiger partial charge < -0.3 is 18.8 Å². The summed E-state index contributed by atoms with van der Waals surface area (Å²) in [7, 11) is -0.452. The van der Waals surface area contributed by atoms with Gasteiger partial charge in [0.25, 0.3) is 0 Å². The SMILES string of the molecule is CC1(C)OB(c2ccc(CCN(C(=O)OCc3ccccc3)C(=O)OCc3ccccc3)cc2)OC1(C)C. The van der Waals surface area contributed by atoms with E-state index in [2.05, 4.69) is 0 Å². The Kier molecular flexibility index (Phi) is 8.54. The van der Waals surface area contributed by atoms with Crippen LogP contribution in [-0.2, 0) is 38.4 Å². The van der Waals surface area contributed by atoms with Crippen molar-refractivity contribution in [3.63, 3.8) is 0 Å². The van der Waals surface area contributed by atoms with Crippen LogP contribution in [0.4, 0.5) is 9.59 Å². The minimum Gasteiger partial charge on any atom is -0.444 e. The highest BCUT2D eigenvalue weighted by molar-refractivity contribution is 6.62. The fraction of sp³-hybridized carbons (Fsp3) is 0.333. The van der Waals surface area contributed by atoms with Crippen LogP contribution in [0.5, 0.6) is 0 Å². The summed E-state index contributed by atoms with van der Waals surface area (Å²) in [6.45, 7) is 8.30. The van der Waals surface area contributed by atoms with Crippen LogP contribution in [0, 0.1) is 0 Å². The van der Waals surface area contributed by atoms with Crippen molar-refractivity contribution >= 4 is 24.8 Å². The Labute approximate surface area is 224 Å². The van der Waals surface area contributed by atoms with E-state index in [0.29, 0.717) is 6.42 Å². The number of carbonyl (C=O) groups is 2. The van der Waals surface area contributed by atoms with Crippen LogP contribution in [-0.4, -0.2) is 42.0 Å². The van der Waals surface area contributed by atoms with Crippen LogP contribution in [0.3, 0.4) is 0 Å². The first-order valence-corrected chi connectivity index (χ1v) is 12.8. The van der Waals surface area contributed by atoms with E-state index < -0.39 is 30.5 Å². The number of ether oxygens (including phenoxy) is 2. The molecule has 0 N–H and O–H groups in total. The van der Waals surface area contributed by atoms with Gasteiger partial charge in [-0.1, -0.05) is 84.9 Å². The molecule has 1 aliphatic rings. The van der Waals surface area contributed by atoms with Crippen LogP contribution in [0.2, 0.25) is 0 Å². The molecule has 0 bridgehead atoms. The molecule has 0 unspecified atom stereocenters. The van der Waals surface area contributed by atoms with Crippen molar-refractivity contribution in [3.05, 3.63) is 102 Å². The molecular formula is C30H34BNO6. The minimum absolute atomic E-state index is 0.0604. The lowest BCUT2D eigenvalue weighted by molar-refractivity contribution is 0.00578. The largest absolute Gasteiger partial charge is 0.494 e. The number of nitrogens with zero attached hydrogens (tertiary/aromatic N) is 1. The Morgan fingerprint density at radius 3 is 1.58 bits per heavy atom. The second-order valence-electron chi connectivity index (χ2n) is 10.3. The van der Waals surface area contributed by atoms with Gasteiger partial charge in [-0.2, -0.15) is 0 Å². The summed E-state index contributed by atoms with van der Waals surface area (Å²) in [5.41, 5.74) is 2.68. The molecule has 0 spiro atoms. The van der Waals surface area contributed by atoms with Gasteiger partial charge in [0.2, 0.25) is 0 Å². The molecular weight excluding hydrogens is 481 g/mol. The summed E-state index contributed by atoms with van der Waals surface area (Å²) in [5, 5.41) is 0. The van der Waals surface area contributed by atoms with E-state index in [1.165, 1.54) is 0 Å². The highest BCUT2D eigenvalue weighted by atomic mass is 16.7. The van der Waals surface area contributed by atoms with Crippen molar-refractivity contribution in [2.24, 2.45) is 0 Å². The summed E-state index contributed by atoms with van der Waals surface area (Å²) in [4.78, 5) is 26.8. The van der Waals surface area contributed by atoms with Gasteiger partial charge >= 0.3 is 19.3 Å². The summed E-state index contributed by atoms with van der Waals surface area (Å²) in [6.07, 6.45) is -1.06. The summed E-state index contributed by atoms with van der Waals surface area (Å²) >= 11 is 0. The highest BCUT2D eigenvalue weighted by Crippen LogP contribution is 2.36. The molecule has 38 heavy (non-hydrogen) atoms. The van der Waals surface area contributed by atoms with Gasteiger partial charge in [0.1, 0.15) is 13.2 Å². The molecule has 1 saturated heterocycles. The van der Waals surface area contributed by atoms with Crippen LogP contribution in [0.15, 0.2) is 84.9 Å². The average molecular weight is 515 g/mol. The van der Waals surface area contributed by atoms with Gasteiger partial charge in [0.15, 0.2) is 0 Å². The van der Waals surface area contributed by atoms with Gasteiger partial charge in [0.05, 0.1) is 11.2 Å². The van der Waals surface area contributed by atoms with Gasteiger partial charge in [-0.25, -0.2) is 14.5 Å². The topological polar surface area (TPSA) is 74.3 Å². The van der Waals surface area contributed by atoms with Gasteiger partial charge in [-0.3, -0.25) is 0 Å². The number of rotatable bonds is 8. The monoisotopic (exact) mass is 515 g/mol. The first-order valence-electron chi connectivity index (χ1n) is 12.8. The quantitative estimate of drug-likeness (QED) is 0.369. The maximum atomic E-state index is 12.9. The van der Waals surface area contributed by atoms with E-state index in [9.17, 15) is 9.59 Å². The number of benzene rings is 3. The Morgan fingerprint density at radius 1 is 0.684 bits per heavy atom. The summed E-state index contributed by atoms with van der Waals surface area (Å²) in [5.74, 6) is 0. The Hall–Kier alpha value is -3.62. The lowest BCUT2D eigenvalue weighted by Crippen LogP contribution is -2.41. The van der Waals surface area contributed by atoms with Crippen molar-refractivity contribution in [3.8, 4) is 0 Å². The minimum atomic E-state index is -0.749. The van der Waals surface area contributed by atoms with E-state index in [0.717, 1.165) is 27.1 Å². The molecule has 0 saturated carbocycles. The van der Waals surface area contributed by atoms with Crippen LogP contribution < -0.4 is 5.46 Å². The first-order chi connectivity index (χ1) is 18.1. The van der Waals surface area contributed by atoms with E-state index >= 15 is 0 Å². The zero-order valence-corrected chi connectivity index (χ0v) is 22.4. The van der Waals surface area contributed by atoms with Crippen molar-refractivity contribution in [2.45, 2.75) is 58.5 Å². The normalized spacial score (nSPS) is 15.6. The molecule has 1 fully saturated rings. The molecule has 3 aromatic carbocycles. The van der Waals surface area contributed by atoms with Crippen molar-refractivity contribution in [1.82, 2.24) is 4.90 Å². The first kappa shape index (κ1) is 27.4. The van der Waals surface area contributed by atoms with E-state index in [1.807, 2.05) is 113 Å². The molecule has 7 nitrogen and oxygen atoms in total. The summed E-state index contributed by atoms with van der Waals surface area (Å²) < 4.78 is 23.1. The molecule has 1 heterocycles. The molecule has 1 aliphatic heterocycles. The van der Waals surface area contributed by atoms with E-state index in [4.69, 9.17) is 18.8 Å². The number of hydrogen-bond acceptors (Lipinski definition) is 6. The van der Waals surface area contributed by atoms with Crippen molar-refractivity contribution in [2.75, 3.05) is 6.54 Å². The maximum absolute atomic E-state index is 12.9. The van der Waals surface area contributed by atoms with Gasteiger partial charge in [-0.05, 0) is 56.3 Å². The van der Waals surface area contributed by atoms with Crippen molar-refractivity contribution in [1.29, 1.82) is 0 Å². The zero-order chi connectivity index (χ0) is 27.2. The number of carbonyl (C=O) groups excluding carboxylic acids is 2. The smallest absolute Gasteiger partial charge is 0.444 e. The number of hydrogen-bond donors (Lipinski definition) is 0. The second kappa shape index (κ2) is 11.8. The predicted octanol–water partition coefficient (Wildman–Crippen LogP) is 5.50. The van der Waals surface area contributed by atoms with E-state index in [-0.39, 0.29) is 19.8 Å². The van der Waals surface area contributed by atoms with Gasteiger partial charge in [0, 0.05) is 6.54 Å². The molecule has 4 rings (SSSR count). The number of amides is 2. The summed E-state index contributed by atoms with van der Waals surface area (Å²) in [6, 6.07) is 26.4. The van der Waals surface area contributed by atoms with Crippen molar-refractivity contribution < 1.29 is 28.4 Å². The van der Waals surface area contributed by atoms with E-state index in [1.54, 1.807) is 0 Å². The zero-order valence-electron chi connectivity index (χ0n) is 22.4. The Balaban J connectivity index is 1.39. The molecule has 0 aromatic heterocycles. The fourth-order valence-electron chi connectivity index (χ4n) is 3.91. The fourth-order valence-corrected chi connectivity index (χ4v) is 3.91. The number of imide groups is 1. The third-order valence-corrected chi connectivity index (χ3v) is 6.98. The second-order valence-corrected chi connectivity index (χ2v) is 10.3. The standard InChI is InChI=1S/C30H34BNO6/c1-29(2)30(3,4)38-31(37-29)26-17-15-23(16-18-26)19-20-32(27(33)35-21-24-11-7-5-8-12-24)28(34)36-22-25-13-9-6-10-14-25/h5-18H,19-22H2,1-4H3. The van der Waals surface area contributed by atoms with Crippen LogP contribution in [0.1, 0.15) is 44.4 Å². The molecule has 3 aromatic rings. The predicted molar refractivity (Wildman–Crippen MR) is 146 cm³/mol. The molecule has 2 amide bonds. The Morgan fingerprint density at radius 2 is 1.13 bits per heavy atom. The maximum Gasteiger partial charge on any atom is 0.494 e. The third-order valence-electron chi connectivity index (χ3n) is 6.98. The van der Waals surface area contributed by atoms with Crippen LogP contribution in [0.25, 0.3) is 0 Å². The lowest BCUT2D eigenvalue weighted by atomic mass is 9.79. The lowest BCUT2D eigenvalue weighted by Gasteiger charge is -2.32. The average Bonchev–Trinajstić information content (AvgIpc) is 3.14.